The number of carbonyl (C=O) groups excluding carboxylic acids is 1. The zero-order valence-electron chi connectivity index (χ0n) is 10.1. The molecule has 0 saturated heterocycles. The Morgan fingerprint density at radius 1 is 1.56 bits per heavy atom. The van der Waals surface area contributed by atoms with Gasteiger partial charge in [0, 0.05) is 18.7 Å². The van der Waals surface area contributed by atoms with E-state index in [4.69, 9.17) is 0 Å². The highest BCUT2D eigenvalue weighted by molar-refractivity contribution is 5.78. The van der Waals surface area contributed by atoms with Crippen molar-refractivity contribution >= 4 is 5.91 Å². The van der Waals surface area contributed by atoms with Crippen molar-refractivity contribution in [2.75, 3.05) is 6.54 Å². The Morgan fingerprint density at radius 3 is 3.06 bits per heavy atom. The Hall–Kier alpha value is -1.49. The first kappa shape index (κ1) is 13.0. The van der Waals surface area contributed by atoms with E-state index in [1.165, 1.54) is 18.3 Å². The molecule has 0 aliphatic heterocycles. The molecule has 0 radical (unpaired) electrons. The van der Waals surface area contributed by atoms with Gasteiger partial charge in [0.15, 0.2) is 0 Å². The molecule has 1 aromatic heterocycles. The number of nitrogens with one attached hydrogen (secondary N) is 1. The number of rotatable bonds is 4. The molecule has 0 aromatic carbocycles. The fourth-order valence-corrected chi connectivity index (χ4v) is 2.26. The molecule has 98 valence electrons. The van der Waals surface area contributed by atoms with Gasteiger partial charge in [-0.05, 0) is 25.0 Å². The first-order chi connectivity index (χ1) is 8.66. The molecule has 1 heterocycles. The van der Waals surface area contributed by atoms with Gasteiger partial charge in [-0.2, -0.15) is 0 Å². The third kappa shape index (κ3) is 3.26. The molecule has 1 fully saturated rings. The van der Waals surface area contributed by atoms with Gasteiger partial charge in [0.05, 0.1) is 18.2 Å². The second-order valence-electron chi connectivity index (χ2n) is 4.67. The lowest BCUT2D eigenvalue weighted by Gasteiger charge is -2.14. The Balaban J connectivity index is 1.80. The first-order valence-corrected chi connectivity index (χ1v) is 6.21. The van der Waals surface area contributed by atoms with Gasteiger partial charge in [0.2, 0.25) is 5.91 Å². The molecule has 2 rings (SSSR count). The number of aliphatic hydroxyl groups is 1. The van der Waals surface area contributed by atoms with E-state index in [1.807, 2.05) is 0 Å². The maximum absolute atomic E-state index is 13.3. The molecule has 1 aromatic rings. The van der Waals surface area contributed by atoms with Crippen molar-refractivity contribution < 1.29 is 14.3 Å². The van der Waals surface area contributed by atoms with E-state index in [0.29, 0.717) is 6.54 Å². The van der Waals surface area contributed by atoms with Gasteiger partial charge in [-0.25, -0.2) is 4.39 Å². The van der Waals surface area contributed by atoms with Crippen molar-refractivity contribution in [2.45, 2.75) is 31.8 Å². The van der Waals surface area contributed by atoms with Crippen molar-refractivity contribution in [3.63, 3.8) is 0 Å². The highest BCUT2D eigenvalue weighted by Gasteiger charge is 2.25. The average molecular weight is 252 g/mol. The Bertz CT molecular complexity index is 425. The first-order valence-electron chi connectivity index (χ1n) is 6.21. The lowest BCUT2D eigenvalue weighted by molar-refractivity contribution is -0.120. The number of halogens is 1. The summed E-state index contributed by atoms with van der Waals surface area (Å²) in [6, 6.07) is 2.78. The molecule has 1 amide bonds. The van der Waals surface area contributed by atoms with Crippen molar-refractivity contribution in [3.8, 4) is 0 Å². The van der Waals surface area contributed by atoms with Gasteiger partial charge >= 0.3 is 0 Å². The summed E-state index contributed by atoms with van der Waals surface area (Å²) in [5, 5.41) is 12.3. The van der Waals surface area contributed by atoms with Crippen molar-refractivity contribution in [1.29, 1.82) is 0 Å². The van der Waals surface area contributed by atoms with Crippen LogP contribution in [0.5, 0.6) is 0 Å². The van der Waals surface area contributed by atoms with E-state index in [2.05, 4.69) is 10.3 Å². The van der Waals surface area contributed by atoms with Gasteiger partial charge in [-0.3, -0.25) is 9.78 Å². The van der Waals surface area contributed by atoms with Crippen LogP contribution in [0.2, 0.25) is 0 Å². The highest BCUT2D eigenvalue weighted by atomic mass is 19.1. The van der Waals surface area contributed by atoms with Gasteiger partial charge in [0.25, 0.3) is 0 Å². The minimum atomic E-state index is -0.464. The number of carbonyl (C=O) groups is 1. The molecule has 5 heteroatoms. The summed E-state index contributed by atoms with van der Waals surface area (Å²) in [4.78, 5) is 15.5. The number of nitrogens with zero attached hydrogens (tertiary/aromatic N) is 1. The fourth-order valence-electron chi connectivity index (χ4n) is 2.26. The van der Waals surface area contributed by atoms with Crippen LogP contribution in [0.4, 0.5) is 4.39 Å². The second kappa shape index (κ2) is 5.91. The van der Waals surface area contributed by atoms with E-state index in [-0.39, 0.29) is 30.0 Å². The number of hydrogen-bond donors (Lipinski definition) is 2. The standard InChI is InChI=1S/C13H17FN2O2/c14-10-4-2-6-15-11(10)7-13(18)16-8-9-3-1-5-12(9)17/h2,4,6,9,12,17H,1,3,5,7-8H2,(H,16,18)/t9-,12+/m0/s1. The number of pyridine rings is 1. The largest absolute Gasteiger partial charge is 0.393 e. The van der Waals surface area contributed by atoms with E-state index in [9.17, 15) is 14.3 Å². The molecule has 0 bridgehead atoms. The minimum absolute atomic E-state index is 0.0600. The fraction of sp³-hybridized carbons (Fsp3) is 0.538. The highest BCUT2D eigenvalue weighted by Crippen LogP contribution is 2.24. The normalized spacial score (nSPS) is 23.0. The monoisotopic (exact) mass is 252 g/mol. The quantitative estimate of drug-likeness (QED) is 0.841. The van der Waals surface area contributed by atoms with Crippen LogP contribution in [0.1, 0.15) is 25.0 Å². The zero-order valence-corrected chi connectivity index (χ0v) is 10.1. The van der Waals surface area contributed by atoms with Gasteiger partial charge in [-0.1, -0.05) is 6.42 Å². The lowest BCUT2D eigenvalue weighted by atomic mass is 10.1. The van der Waals surface area contributed by atoms with Crippen LogP contribution in [-0.4, -0.2) is 28.6 Å². The topological polar surface area (TPSA) is 62.2 Å². The summed E-state index contributed by atoms with van der Waals surface area (Å²) in [5.74, 6) is -0.595. The molecule has 4 nitrogen and oxygen atoms in total. The third-order valence-corrected chi connectivity index (χ3v) is 3.34. The van der Waals surface area contributed by atoms with Crippen LogP contribution in [0.15, 0.2) is 18.3 Å². The lowest BCUT2D eigenvalue weighted by Crippen LogP contribution is -2.33. The minimum Gasteiger partial charge on any atom is -0.393 e. The summed E-state index contributed by atoms with van der Waals surface area (Å²) in [7, 11) is 0. The molecular weight excluding hydrogens is 235 g/mol. The Labute approximate surface area is 105 Å². The van der Waals surface area contributed by atoms with Crippen LogP contribution >= 0.6 is 0 Å². The van der Waals surface area contributed by atoms with Crippen LogP contribution in [0.25, 0.3) is 0 Å². The summed E-state index contributed by atoms with van der Waals surface area (Å²) in [6.45, 7) is 0.453. The van der Waals surface area contributed by atoms with E-state index in [1.54, 1.807) is 0 Å². The predicted molar refractivity (Wildman–Crippen MR) is 64.3 cm³/mol. The predicted octanol–water partition coefficient (Wildman–Crippen LogP) is 1.04. The van der Waals surface area contributed by atoms with Gasteiger partial charge < -0.3 is 10.4 Å². The smallest absolute Gasteiger partial charge is 0.226 e. The molecule has 1 aliphatic carbocycles. The van der Waals surface area contributed by atoms with Crippen LogP contribution in [0, 0.1) is 11.7 Å². The zero-order chi connectivity index (χ0) is 13.0. The second-order valence-corrected chi connectivity index (χ2v) is 4.67. The average Bonchev–Trinajstić information content (AvgIpc) is 2.75. The van der Waals surface area contributed by atoms with Gasteiger partial charge in [0.1, 0.15) is 5.82 Å². The van der Waals surface area contributed by atoms with Gasteiger partial charge in [-0.15, -0.1) is 0 Å². The summed E-state index contributed by atoms with van der Waals surface area (Å²) in [6.07, 6.45) is 3.81. The maximum atomic E-state index is 13.3. The molecular formula is C13H17FN2O2. The van der Waals surface area contributed by atoms with E-state index >= 15 is 0 Å². The number of amides is 1. The van der Waals surface area contributed by atoms with Crippen molar-refractivity contribution in [3.05, 3.63) is 29.8 Å². The van der Waals surface area contributed by atoms with Crippen molar-refractivity contribution in [1.82, 2.24) is 10.3 Å². The maximum Gasteiger partial charge on any atom is 0.226 e. The molecule has 2 atom stereocenters. The van der Waals surface area contributed by atoms with Crippen LogP contribution < -0.4 is 5.32 Å². The SMILES string of the molecule is O=C(Cc1ncccc1F)NC[C@@H]1CCC[C@H]1O. The van der Waals surface area contributed by atoms with E-state index < -0.39 is 5.82 Å². The summed E-state index contributed by atoms with van der Waals surface area (Å²) >= 11 is 0. The Morgan fingerprint density at radius 2 is 2.39 bits per heavy atom. The molecule has 1 aliphatic rings. The molecule has 2 N–H and O–H groups in total. The molecule has 0 spiro atoms. The Kier molecular flexibility index (Phi) is 4.25. The number of aromatic nitrogens is 1. The van der Waals surface area contributed by atoms with E-state index in [0.717, 1.165) is 19.3 Å². The van der Waals surface area contributed by atoms with Crippen LogP contribution in [0.3, 0.4) is 0 Å². The number of hydrogen-bond acceptors (Lipinski definition) is 3. The summed E-state index contributed by atoms with van der Waals surface area (Å²) < 4.78 is 13.3. The molecule has 18 heavy (non-hydrogen) atoms. The third-order valence-electron chi connectivity index (χ3n) is 3.34. The van der Waals surface area contributed by atoms with Crippen LogP contribution in [-0.2, 0) is 11.2 Å². The molecule has 0 unspecified atom stereocenters. The summed E-state index contributed by atoms with van der Waals surface area (Å²) in [5.41, 5.74) is 0.155. The number of aliphatic hydroxyl groups excluding tert-OH is 1. The van der Waals surface area contributed by atoms with Crippen molar-refractivity contribution in [2.24, 2.45) is 5.92 Å². The molecule has 1 saturated carbocycles.